The lowest BCUT2D eigenvalue weighted by atomic mass is 10.0. The van der Waals surface area contributed by atoms with Gasteiger partial charge in [-0.3, -0.25) is 0 Å². The highest BCUT2D eigenvalue weighted by molar-refractivity contribution is 9.10. The predicted molar refractivity (Wildman–Crippen MR) is 215 cm³/mol. The largest absolute Gasteiger partial charge is 0.494 e. The molecular weight excluding hydrogens is 726 g/mol. The number of hydrogen-bond donors (Lipinski definition) is 0. The number of ether oxygens (including phenoxy) is 3. The summed E-state index contributed by atoms with van der Waals surface area (Å²) in [6.45, 7) is 11.8. The van der Waals surface area contributed by atoms with Crippen LogP contribution >= 0.6 is 27.5 Å². The number of benzene rings is 4. The third-order valence-electron chi connectivity index (χ3n) is 9.02. The van der Waals surface area contributed by atoms with Gasteiger partial charge in [0.25, 0.3) is 0 Å². The summed E-state index contributed by atoms with van der Waals surface area (Å²) in [5.74, 6) is 4.46. The first-order valence-electron chi connectivity index (χ1n) is 17.3. The van der Waals surface area contributed by atoms with Crippen LogP contribution in [0.25, 0.3) is 44.8 Å². The molecule has 0 fully saturated rings. The molecule has 0 N–H and O–H groups in total. The van der Waals surface area contributed by atoms with E-state index in [1.807, 2.05) is 24.3 Å². The van der Waals surface area contributed by atoms with Gasteiger partial charge in [-0.25, -0.2) is 9.97 Å². The number of halogens is 2. The fourth-order valence-electron chi connectivity index (χ4n) is 6.07. The second kappa shape index (κ2) is 17.1. The van der Waals surface area contributed by atoms with Crippen molar-refractivity contribution >= 4 is 49.6 Å². The molecule has 4 aromatic carbocycles. The van der Waals surface area contributed by atoms with Gasteiger partial charge in [0.05, 0.1) is 25.8 Å². The van der Waals surface area contributed by atoms with Crippen LogP contribution in [0, 0.1) is 0 Å². The highest BCUT2D eigenvalue weighted by atomic mass is 79.9. The third kappa shape index (κ3) is 8.44. The molecule has 0 bridgehead atoms. The number of aromatic nitrogens is 4. The molecule has 6 aromatic rings. The Kier molecular flexibility index (Phi) is 12.8. The van der Waals surface area contributed by atoms with E-state index in [2.05, 4.69) is 120 Å². The maximum Gasteiger partial charge on any atom is 0.144 e. The molecule has 0 saturated carbocycles. The van der Waals surface area contributed by atoms with Crippen LogP contribution < -0.4 is 9.47 Å². The Morgan fingerprint density at radius 2 is 1.14 bits per heavy atom. The van der Waals surface area contributed by atoms with Gasteiger partial charge >= 0.3 is 0 Å². The van der Waals surface area contributed by atoms with Gasteiger partial charge in [0.2, 0.25) is 0 Å². The van der Waals surface area contributed by atoms with E-state index in [0.29, 0.717) is 30.0 Å². The Labute approximate surface area is 315 Å². The van der Waals surface area contributed by atoms with Crippen LogP contribution in [0.2, 0.25) is 5.02 Å². The molecular formula is C41H49BrClN5O3. The lowest BCUT2D eigenvalue weighted by molar-refractivity contribution is 0.188. The molecule has 0 atom stereocenters. The van der Waals surface area contributed by atoms with Gasteiger partial charge in [-0.2, -0.15) is 0 Å². The quantitative estimate of drug-likeness (QED) is 0.123. The SMILES string of the molecule is COCCn1c(-c2ccc(C(C)C)cc2)nc2c(Cl)ccc(OC)c21.COc1ccc(Br)c2nc(-c3ccc(C(C)C)cc3)n(CCN(C)C)c12. The summed E-state index contributed by atoms with van der Waals surface area (Å²) in [7, 11) is 9.24. The van der Waals surface area contributed by atoms with E-state index in [0.717, 1.165) is 73.9 Å². The van der Waals surface area contributed by atoms with E-state index < -0.39 is 0 Å². The fraction of sp³-hybridized carbons (Fsp3) is 0.366. The first-order valence-corrected chi connectivity index (χ1v) is 18.5. The lowest BCUT2D eigenvalue weighted by Crippen LogP contribution is -2.19. The molecule has 2 heterocycles. The van der Waals surface area contributed by atoms with Gasteiger partial charge in [0.15, 0.2) is 0 Å². The summed E-state index contributed by atoms with van der Waals surface area (Å²) in [6, 6.07) is 24.9. The highest BCUT2D eigenvalue weighted by Crippen LogP contribution is 2.37. The van der Waals surface area contributed by atoms with Crippen LogP contribution in [0.4, 0.5) is 0 Å². The molecule has 270 valence electrons. The summed E-state index contributed by atoms with van der Waals surface area (Å²) < 4.78 is 21.8. The fourth-order valence-corrected chi connectivity index (χ4v) is 6.68. The second-order valence-electron chi connectivity index (χ2n) is 13.4. The lowest BCUT2D eigenvalue weighted by Gasteiger charge is -2.15. The Balaban J connectivity index is 0.000000198. The van der Waals surface area contributed by atoms with Gasteiger partial charge in [-0.05, 0) is 77.3 Å². The van der Waals surface area contributed by atoms with E-state index in [1.54, 1.807) is 21.3 Å². The number of rotatable bonds is 12. The van der Waals surface area contributed by atoms with Gasteiger partial charge in [0, 0.05) is 42.3 Å². The molecule has 0 aliphatic heterocycles. The molecule has 0 spiro atoms. The first kappa shape index (κ1) is 38.3. The standard InChI is InChI=1S/C21H26BrN3O.C20H23ClN2O2/c1-14(2)15-6-8-16(9-7-15)21-23-19-17(22)10-11-18(26-5)20(19)25(21)13-12-24(3)4;1-13(2)14-5-7-15(8-6-14)20-22-18-16(21)9-10-17(25-4)19(18)23(20)11-12-24-3/h6-11,14H,12-13H2,1-5H3;5-10,13H,11-12H2,1-4H3. The molecule has 0 aliphatic carbocycles. The molecule has 10 heteroatoms. The van der Waals surface area contributed by atoms with Crippen LogP contribution in [0.5, 0.6) is 11.5 Å². The Hall–Kier alpha value is -3.89. The number of nitrogens with zero attached hydrogens (tertiary/aromatic N) is 5. The summed E-state index contributed by atoms with van der Waals surface area (Å²) >= 11 is 10.0. The van der Waals surface area contributed by atoms with Crippen LogP contribution in [-0.4, -0.2) is 72.6 Å². The maximum atomic E-state index is 6.40. The van der Waals surface area contributed by atoms with Crippen LogP contribution in [0.15, 0.2) is 77.3 Å². The average molecular weight is 775 g/mol. The summed E-state index contributed by atoms with van der Waals surface area (Å²) in [4.78, 5) is 12.0. The summed E-state index contributed by atoms with van der Waals surface area (Å²) in [5.41, 5.74) is 8.43. The molecule has 8 nitrogen and oxygen atoms in total. The minimum atomic E-state index is 0.496. The van der Waals surface area contributed by atoms with Gasteiger partial charge < -0.3 is 28.2 Å². The number of hydrogen-bond acceptors (Lipinski definition) is 6. The topological polar surface area (TPSA) is 66.6 Å². The molecule has 0 amide bonds. The molecule has 6 rings (SSSR count). The predicted octanol–water partition coefficient (Wildman–Crippen LogP) is 10.3. The van der Waals surface area contributed by atoms with Crippen LogP contribution in [-0.2, 0) is 17.8 Å². The van der Waals surface area contributed by atoms with Crippen molar-refractivity contribution in [3.8, 4) is 34.3 Å². The Morgan fingerprint density at radius 3 is 1.61 bits per heavy atom. The highest BCUT2D eigenvalue weighted by Gasteiger charge is 2.20. The summed E-state index contributed by atoms with van der Waals surface area (Å²) in [6.07, 6.45) is 0. The van der Waals surface area contributed by atoms with Gasteiger partial charge in [0.1, 0.15) is 45.2 Å². The van der Waals surface area contributed by atoms with Gasteiger partial charge in [-0.1, -0.05) is 87.8 Å². The molecule has 0 unspecified atom stereocenters. The van der Waals surface area contributed by atoms with Crippen molar-refractivity contribution < 1.29 is 14.2 Å². The number of methoxy groups -OCH3 is 3. The zero-order chi connectivity index (χ0) is 36.8. The van der Waals surface area contributed by atoms with Crippen molar-refractivity contribution in [3.63, 3.8) is 0 Å². The number of fused-ring (bicyclic) bond motifs is 2. The summed E-state index contributed by atoms with van der Waals surface area (Å²) in [5, 5.41) is 0.618. The number of likely N-dealkylation sites (N-methyl/N-ethyl adjacent to an activating group) is 1. The molecule has 2 aromatic heterocycles. The average Bonchev–Trinajstić information content (AvgIpc) is 3.71. The van der Waals surface area contributed by atoms with Crippen molar-refractivity contribution in [2.75, 3.05) is 48.6 Å². The molecule has 0 radical (unpaired) electrons. The number of imidazole rings is 2. The monoisotopic (exact) mass is 773 g/mol. The van der Waals surface area contributed by atoms with Crippen molar-refractivity contribution in [2.24, 2.45) is 0 Å². The maximum absolute atomic E-state index is 6.40. The molecule has 0 saturated heterocycles. The van der Waals surface area contributed by atoms with Crippen molar-refractivity contribution in [3.05, 3.63) is 93.4 Å². The van der Waals surface area contributed by atoms with Crippen LogP contribution in [0.1, 0.15) is 50.7 Å². The molecule has 51 heavy (non-hydrogen) atoms. The van der Waals surface area contributed by atoms with E-state index >= 15 is 0 Å². The molecule has 0 aliphatic rings. The van der Waals surface area contributed by atoms with E-state index in [-0.39, 0.29) is 0 Å². The third-order valence-corrected chi connectivity index (χ3v) is 9.96. The van der Waals surface area contributed by atoms with E-state index in [9.17, 15) is 0 Å². The van der Waals surface area contributed by atoms with E-state index in [4.69, 9.17) is 35.8 Å². The van der Waals surface area contributed by atoms with E-state index in [1.165, 1.54) is 11.1 Å². The van der Waals surface area contributed by atoms with Gasteiger partial charge in [-0.15, -0.1) is 0 Å². The van der Waals surface area contributed by atoms with Crippen molar-refractivity contribution in [1.29, 1.82) is 0 Å². The van der Waals surface area contributed by atoms with Crippen LogP contribution in [0.3, 0.4) is 0 Å². The minimum absolute atomic E-state index is 0.496. The normalized spacial score (nSPS) is 11.6. The minimum Gasteiger partial charge on any atom is -0.494 e. The Bertz CT molecular complexity index is 2070. The smallest absolute Gasteiger partial charge is 0.144 e. The van der Waals surface area contributed by atoms with Crippen molar-refractivity contribution in [2.45, 2.75) is 52.6 Å². The first-order chi connectivity index (χ1) is 24.5. The van der Waals surface area contributed by atoms with Crippen molar-refractivity contribution in [1.82, 2.24) is 24.0 Å². The zero-order valence-electron chi connectivity index (χ0n) is 31.1. The Morgan fingerprint density at radius 1 is 0.667 bits per heavy atom. The zero-order valence-corrected chi connectivity index (χ0v) is 33.5. The second-order valence-corrected chi connectivity index (χ2v) is 14.7.